The third-order valence-electron chi connectivity index (χ3n) is 3.73. The monoisotopic (exact) mass is 448 g/mol. The van der Waals surface area contributed by atoms with Gasteiger partial charge >= 0.3 is 0 Å². The van der Waals surface area contributed by atoms with Gasteiger partial charge in [-0.2, -0.15) is 5.26 Å². The van der Waals surface area contributed by atoms with Gasteiger partial charge < -0.3 is 24.7 Å². The molecule has 0 bridgehead atoms. The van der Waals surface area contributed by atoms with Gasteiger partial charge in [-0.15, -0.1) is 0 Å². The first-order chi connectivity index (χ1) is 14.7. The van der Waals surface area contributed by atoms with Crippen LogP contribution >= 0.6 is 0 Å². The largest absolute Gasteiger partial charge is 0.493 e. The van der Waals surface area contributed by atoms with Gasteiger partial charge in [0.05, 0.1) is 50.2 Å². The number of hydrogen-bond acceptors (Lipinski definition) is 8. The molecule has 0 unspecified atom stereocenters. The quantitative estimate of drug-likeness (QED) is 0.652. The normalized spacial score (nSPS) is 10.9. The van der Waals surface area contributed by atoms with Gasteiger partial charge in [-0.05, 0) is 44.2 Å². The van der Waals surface area contributed by atoms with Crippen molar-refractivity contribution in [3.05, 3.63) is 52.9 Å². The first-order valence-electron chi connectivity index (χ1n) is 9.38. The van der Waals surface area contributed by atoms with E-state index in [0.717, 1.165) is 11.7 Å². The summed E-state index contributed by atoms with van der Waals surface area (Å²) in [7, 11) is -0.163. The van der Waals surface area contributed by atoms with Crippen molar-refractivity contribution in [3.8, 4) is 29.1 Å². The predicted octanol–water partition coefficient (Wildman–Crippen LogP) is 3.36. The Labute approximate surface area is 183 Å². The number of rotatable bonds is 8. The first kappa shape index (κ1) is 25.7. The number of methoxy groups -OCH3 is 2. The lowest BCUT2D eigenvalue weighted by atomic mass is 10.1. The molecule has 0 aliphatic carbocycles. The molecule has 0 aromatic heterocycles. The van der Waals surface area contributed by atoms with Gasteiger partial charge in [-0.3, -0.25) is 0 Å². The average Bonchev–Trinajstić information content (AvgIpc) is 2.73. The lowest BCUT2D eigenvalue weighted by Gasteiger charge is -2.11. The standard InChI is InChI=1S/C12H17NO4S.C10H11NO2/c1-4-17-12-7-9(5-6-11(12)16-2)10(13)8-18(3,14)15;1-3-13-10-6-8(7-11)4-5-9(10)12-2/h5-8H,4,13H2,1-3H3;4-6H,3H2,1-2H3. The van der Waals surface area contributed by atoms with E-state index in [0.29, 0.717) is 47.3 Å². The summed E-state index contributed by atoms with van der Waals surface area (Å²) in [5.74, 6) is 2.38. The predicted molar refractivity (Wildman–Crippen MR) is 120 cm³/mol. The molecule has 0 heterocycles. The van der Waals surface area contributed by atoms with Crippen LogP contribution in [0.25, 0.3) is 5.70 Å². The number of ether oxygens (including phenoxy) is 4. The minimum Gasteiger partial charge on any atom is -0.493 e. The Bertz CT molecular complexity index is 1040. The van der Waals surface area contributed by atoms with E-state index in [9.17, 15) is 8.42 Å². The highest BCUT2D eigenvalue weighted by molar-refractivity contribution is 7.93. The third kappa shape index (κ3) is 8.48. The Kier molecular flexibility index (Phi) is 10.2. The lowest BCUT2D eigenvalue weighted by Crippen LogP contribution is -2.02. The van der Waals surface area contributed by atoms with E-state index < -0.39 is 9.84 Å². The summed E-state index contributed by atoms with van der Waals surface area (Å²) >= 11 is 0. The molecule has 0 amide bonds. The highest BCUT2D eigenvalue weighted by Gasteiger charge is 2.08. The van der Waals surface area contributed by atoms with Crippen molar-refractivity contribution in [1.29, 1.82) is 5.26 Å². The Morgan fingerprint density at radius 3 is 1.94 bits per heavy atom. The number of nitriles is 1. The molecule has 8 nitrogen and oxygen atoms in total. The van der Waals surface area contributed by atoms with E-state index in [1.165, 1.54) is 7.11 Å². The van der Waals surface area contributed by atoms with Crippen molar-refractivity contribution < 1.29 is 27.4 Å². The van der Waals surface area contributed by atoms with E-state index in [2.05, 4.69) is 0 Å². The molecule has 0 aliphatic rings. The van der Waals surface area contributed by atoms with Gasteiger partial charge in [0.15, 0.2) is 32.8 Å². The summed E-state index contributed by atoms with van der Waals surface area (Å²) in [4.78, 5) is 0. The molecule has 2 rings (SSSR count). The minimum absolute atomic E-state index is 0.168. The maximum Gasteiger partial charge on any atom is 0.170 e. The molecular weight excluding hydrogens is 420 g/mol. The highest BCUT2D eigenvalue weighted by Crippen LogP contribution is 2.30. The molecule has 2 aromatic rings. The molecule has 31 heavy (non-hydrogen) atoms. The van der Waals surface area contributed by atoms with Gasteiger partial charge in [0.2, 0.25) is 0 Å². The van der Waals surface area contributed by atoms with Crippen LogP contribution < -0.4 is 24.7 Å². The molecule has 0 atom stereocenters. The molecule has 0 fully saturated rings. The zero-order valence-electron chi connectivity index (χ0n) is 18.3. The average molecular weight is 449 g/mol. The summed E-state index contributed by atoms with van der Waals surface area (Å²) < 4.78 is 43.2. The minimum atomic E-state index is -3.27. The van der Waals surface area contributed by atoms with Crippen molar-refractivity contribution in [1.82, 2.24) is 0 Å². The van der Waals surface area contributed by atoms with Crippen LogP contribution in [-0.2, 0) is 9.84 Å². The Morgan fingerprint density at radius 2 is 1.48 bits per heavy atom. The topological polar surface area (TPSA) is 121 Å². The molecule has 0 spiro atoms. The molecule has 0 saturated heterocycles. The number of sulfone groups is 1. The summed E-state index contributed by atoms with van der Waals surface area (Å²) in [6, 6.07) is 12.1. The molecule has 0 radical (unpaired) electrons. The van der Waals surface area contributed by atoms with E-state index in [-0.39, 0.29) is 5.70 Å². The van der Waals surface area contributed by atoms with Crippen LogP contribution in [0.1, 0.15) is 25.0 Å². The zero-order valence-corrected chi connectivity index (χ0v) is 19.2. The number of hydrogen-bond donors (Lipinski definition) is 1. The molecule has 2 aromatic carbocycles. The van der Waals surface area contributed by atoms with Crippen molar-refractivity contribution in [2.75, 3.05) is 33.7 Å². The number of nitrogens with zero attached hydrogens (tertiary/aromatic N) is 1. The summed E-state index contributed by atoms with van der Waals surface area (Å²) in [6.45, 7) is 4.78. The Balaban J connectivity index is 0.000000327. The maximum atomic E-state index is 11.1. The first-order valence-corrected chi connectivity index (χ1v) is 11.3. The summed E-state index contributed by atoms with van der Waals surface area (Å²) in [6.07, 6.45) is 1.09. The second-order valence-corrected chi connectivity index (χ2v) is 8.01. The number of benzene rings is 2. The van der Waals surface area contributed by atoms with Gasteiger partial charge in [-0.1, -0.05) is 0 Å². The second-order valence-electron chi connectivity index (χ2n) is 6.11. The van der Waals surface area contributed by atoms with Crippen LogP contribution in [0, 0.1) is 11.3 Å². The maximum absolute atomic E-state index is 11.1. The molecule has 168 valence electrons. The zero-order chi connectivity index (χ0) is 23.4. The highest BCUT2D eigenvalue weighted by atomic mass is 32.2. The van der Waals surface area contributed by atoms with Crippen molar-refractivity contribution in [2.45, 2.75) is 13.8 Å². The van der Waals surface area contributed by atoms with E-state index >= 15 is 0 Å². The Hall–Kier alpha value is -3.38. The molecule has 2 N–H and O–H groups in total. The molecule has 9 heteroatoms. The van der Waals surface area contributed by atoms with E-state index in [4.69, 9.17) is 29.9 Å². The van der Waals surface area contributed by atoms with E-state index in [1.54, 1.807) is 43.5 Å². The van der Waals surface area contributed by atoms with Gasteiger partial charge in [0.1, 0.15) is 0 Å². The van der Waals surface area contributed by atoms with E-state index in [1.807, 2.05) is 19.9 Å². The van der Waals surface area contributed by atoms with Gasteiger partial charge in [0, 0.05) is 17.9 Å². The fourth-order valence-corrected chi connectivity index (χ4v) is 3.04. The van der Waals surface area contributed by atoms with Crippen LogP contribution in [0.4, 0.5) is 0 Å². The van der Waals surface area contributed by atoms with Gasteiger partial charge in [-0.25, -0.2) is 8.42 Å². The van der Waals surface area contributed by atoms with Gasteiger partial charge in [0.25, 0.3) is 0 Å². The summed E-state index contributed by atoms with van der Waals surface area (Å²) in [5.41, 5.74) is 7.04. The molecule has 0 saturated carbocycles. The second kappa shape index (κ2) is 12.3. The van der Waals surface area contributed by atoms with Crippen LogP contribution in [0.5, 0.6) is 23.0 Å². The SMILES string of the molecule is CCOc1cc(C#N)ccc1OC.CCOc1cc(C(N)=CS(C)(=O)=O)ccc1OC. The van der Waals surface area contributed by atoms with Crippen molar-refractivity contribution in [2.24, 2.45) is 5.73 Å². The Morgan fingerprint density at radius 1 is 0.968 bits per heavy atom. The smallest absolute Gasteiger partial charge is 0.170 e. The van der Waals surface area contributed by atoms with Crippen LogP contribution in [0.2, 0.25) is 0 Å². The molecule has 0 aliphatic heterocycles. The fraction of sp³-hybridized carbons (Fsp3) is 0.318. The van der Waals surface area contributed by atoms with Crippen LogP contribution in [-0.4, -0.2) is 42.1 Å². The fourth-order valence-electron chi connectivity index (χ4n) is 2.44. The lowest BCUT2D eigenvalue weighted by molar-refractivity contribution is 0.311. The van der Waals surface area contributed by atoms with Crippen molar-refractivity contribution in [3.63, 3.8) is 0 Å². The molecular formula is C22H28N2O6S. The van der Waals surface area contributed by atoms with Crippen molar-refractivity contribution >= 4 is 15.5 Å². The summed E-state index contributed by atoms with van der Waals surface area (Å²) in [5, 5.41) is 9.67. The van der Waals surface area contributed by atoms with Crippen LogP contribution in [0.15, 0.2) is 41.8 Å². The van der Waals surface area contributed by atoms with Crippen LogP contribution in [0.3, 0.4) is 0 Å². The number of nitrogens with two attached hydrogens (primary N) is 1. The third-order valence-corrected chi connectivity index (χ3v) is 4.41.